The van der Waals surface area contributed by atoms with Crippen LogP contribution in [0.5, 0.6) is 0 Å². The molecule has 0 aromatic carbocycles. The fourth-order valence-electron chi connectivity index (χ4n) is 3.82. The standard InChI is InChI=1S/C16H20O3/c1-4-5-6-18-16-9-11(2)8-15(10-19-16)13(17)7-12(3)14(15)16/h5-8,14H,4,9-10H2,1-3H3/b6-5-/t14-,15+,16+/m1/s1. The average Bonchev–Trinajstić information content (AvgIpc) is 2.72. The number of rotatable bonds is 3. The lowest BCUT2D eigenvalue weighted by atomic mass is 9.67. The Bertz CT molecular complexity index is 514. The zero-order valence-corrected chi connectivity index (χ0v) is 11.7. The summed E-state index contributed by atoms with van der Waals surface area (Å²) in [5.74, 6) is -0.492. The third-order valence-electron chi connectivity index (χ3n) is 4.41. The van der Waals surface area contributed by atoms with Gasteiger partial charge in [-0.25, -0.2) is 0 Å². The molecule has 1 fully saturated rings. The summed E-state index contributed by atoms with van der Waals surface area (Å²) >= 11 is 0. The molecule has 2 aliphatic carbocycles. The maximum Gasteiger partial charge on any atom is 0.221 e. The largest absolute Gasteiger partial charge is 0.469 e. The van der Waals surface area contributed by atoms with Gasteiger partial charge in [0, 0.05) is 6.42 Å². The van der Waals surface area contributed by atoms with Gasteiger partial charge in [-0.05, 0) is 32.4 Å². The van der Waals surface area contributed by atoms with Crippen LogP contribution >= 0.6 is 0 Å². The summed E-state index contributed by atoms with van der Waals surface area (Å²) < 4.78 is 12.0. The smallest absolute Gasteiger partial charge is 0.221 e. The molecule has 2 bridgehead atoms. The van der Waals surface area contributed by atoms with E-state index in [9.17, 15) is 4.79 Å². The minimum atomic E-state index is -0.683. The number of ether oxygens (including phenoxy) is 2. The van der Waals surface area contributed by atoms with Crippen molar-refractivity contribution in [2.24, 2.45) is 11.3 Å². The number of carbonyl (C=O) groups excluding carboxylic acids is 1. The van der Waals surface area contributed by atoms with Gasteiger partial charge in [0.2, 0.25) is 5.79 Å². The van der Waals surface area contributed by atoms with Crippen molar-refractivity contribution < 1.29 is 14.3 Å². The molecule has 1 heterocycles. The zero-order chi connectivity index (χ0) is 13.7. The lowest BCUT2D eigenvalue weighted by molar-refractivity contribution is -0.193. The SMILES string of the molecule is CC/C=C\O[C@@]12CC(C)=C[C@]3(CO1)C(=O)C=C(C)[C@@H]23. The van der Waals surface area contributed by atoms with Crippen molar-refractivity contribution in [3.05, 3.63) is 35.6 Å². The maximum atomic E-state index is 12.3. The Labute approximate surface area is 114 Å². The van der Waals surface area contributed by atoms with Crippen LogP contribution < -0.4 is 0 Å². The monoisotopic (exact) mass is 260 g/mol. The second kappa shape index (κ2) is 4.07. The zero-order valence-electron chi connectivity index (χ0n) is 11.7. The number of carbonyl (C=O) groups is 1. The maximum absolute atomic E-state index is 12.3. The third kappa shape index (κ3) is 1.57. The molecule has 3 rings (SSSR count). The minimum Gasteiger partial charge on any atom is -0.469 e. The van der Waals surface area contributed by atoms with E-state index in [-0.39, 0.29) is 11.7 Å². The van der Waals surface area contributed by atoms with Crippen molar-refractivity contribution in [1.29, 1.82) is 0 Å². The molecule has 0 N–H and O–H groups in total. The summed E-state index contributed by atoms with van der Waals surface area (Å²) in [5.41, 5.74) is 1.75. The van der Waals surface area contributed by atoms with Crippen LogP contribution in [-0.4, -0.2) is 18.2 Å². The lowest BCUT2D eigenvalue weighted by Gasteiger charge is -2.39. The first-order chi connectivity index (χ1) is 9.04. The molecule has 0 unspecified atom stereocenters. The Morgan fingerprint density at radius 2 is 2.32 bits per heavy atom. The van der Waals surface area contributed by atoms with Gasteiger partial charge in [0.1, 0.15) is 0 Å². The van der Waals surface area contributed by atoms with Crippen LogP contribution in [0, 0.1) is 11.3 Å². The highest BCUT2D eigenvalue weighted by molar-refractivity contribution is 6.01. The first kappa shape index (κ1) is 12.7. The minimum absolute atomic E-state index is 0.0257. The van der Waals surface area contributed by atoms with Crippen molar-refractivity contribution in [2.45, 2.75) is 39.4 Å². The Kier molecular flexibility index (Phi) is 2.72. The summed E-state index contributed by atoms with van der Waals surface area (Å²) in [5, 5.41) is 0. The van der Waals surface area contributed by atoms with E-state index in [2.05, 4.69) is 19.9 Å². The summed E-state index contributed by atoms with van der Waals surface area (Å²) in [6.45, 7) is 6.56. The van der Waals surface area contributed by atoms with Crippen LogP contribution in [0.25, 0.3) is 0 Å². The van der Waals surface area contributed by atoms with E-state index < -0.39 is 11.2 Å². The molecule has 3 aliphatic rings. The van der Waals surface area contributed by atoms with E-state index in [1.807, 2.05) is 13.0 Å². The highest BCUT2D eigenvalue weighted by Gasteiger charge is 2.67. The van der Waals surface area contributed by atoms with Gasteiger partial charge in [-0.1, -0.05) is 24.1 Å². The molecule has 1 aliphatic heterocycles. The third-order valence-corrected chi connectivity index (χ3v) is 4.41. The molecule has 0 aromatic rings. The Balaban J connectivity index is 2.03. The predicted molar refractivity (Wildman–Crippen MR) is 72.3 cm³/mol. The molecule has 0 radical (unpaired) electrons. The Morgan fingerprint density at radius 3 is 3.05 bits per heavy atom. The Hall–Kier alpha value is -1.35. The molecule has 1 saturated heterocycles. The molecule has 0 aromatic heterocycles. The van der Waals surface area contributed by atoms with Gasteiger partial charge in [-0.2, -0.15) is 0 Å². The van der Waals surface area contributed by atoms with Crippen LogP contribution in [0.2, 0.25) is 0 Å². The summed E-state index contributed by atoms with van der Waals surface area (Å²) in [7, 11) is 0. The van der Waals surface area contributed by atoms with Crippen LogP contribution in [-0.2, 0) is 14.3 Å². The van der Waals surface area contributed by atoms with Crippen molar-refractivity contribution in [3.8, 4) is 0 Å². The second-order valence-corrected chi connectivity index (χ2v) is 5.89. The number of allylic oxidation sites excluding steroid dienone is 2. The first-order valence-electron chi connectivity index (χ1n) is 6.92. The topological polar surface area (TPSA) is 35.5 Å². The molecular weight excluding hydrogens is 240 g/mol. The number of hydrogen-bond donors (Lipinski definition) is 0. The fourth-order valence-corrected chi connectivity index (χ4v) is 3.82. The van der Waals surface area contributed by atoms with Crippen molar-refractivity contribution in [1.82, 2.24) is 0 Å². The molecule has 102 valence electrons. The lowest BCUT2D eigenvalue weighted by Crippen LogP contribution is -2.45. The molecule has 19 heavy (non-hydrogen) atoms. The van der Waals surface area contributed by atoms with Gasteiger partial charge in [-0.3, -0.25) is 4.79 Å². The van der Waals surface area contributed by atoms with Crippen LogP contribution in [0.4, 0.5) is 0 Å². The number of ketones is 1. The summed E-state index contributed by atoms with van der Waals surface area (Å²) in [6.07, 6.45) is 9.22. The summed E-state index contributed by atoms with van der Waals surface area (Å²) in [4.78, 5) is 12.3. The van der Waals surface area contributed by atoms with Crippen LogP contribution in [0.3, 0.4) is 0 Å². The molecule has 0 saturated carbocycles. The highest BCUT2D eigenvalue weighted by atomic mass is 16.7. The van der Waals surface area contributed by atoms with E-state index in [0.29, 0.717) is 6.61 Å². The van der Waals surface area contributed by atoms with Crippen molar-refractivity contribution in [2.75, 3.05) is 6.61 Å². The summed E-state index contributed by atoms with van der Waals surface area (Å²) in [6, 6.07) is 0. The molecule has 3 heteroatoms. The second-order valence-electron chi connectivity index (χ2n) is 5.89. The first-order valence-corrected chi connectivity index (χ1v) is 6.92. The van der Waals surface area contributed by atoms with E-state index in [4.69, 9.17) is 9.47 Å². The van der Waals surface area contributed by atoms with E-state index >= 15 is 0 Å². The van der Waals surface area contributed by atoms with Gasteiger partial charge in [-0.15, -0.1) is 0 Å². The molecule has 3 atom stereocenters. The van der Waals surface area contributed by atoms with Gasteiger partial charge in [0.15, 0.2) is 5.78 Å². The Morgan fingerprint density at radius 1 is 1.53 bits per heavy atom. The molecule has 3 nitrogen and oxygen atoms in total. The van der Waals surface area contributed by atoms with E-state index in [0.717, 1.165) is 18.4 Å². The van der Waals surface area contributed by atoms with Gasteiger partial charge < -0.3 is 9.47 Å². The quantitative estimate of drug-likeness (QED) is 0.577. The van der Waals surface area contributed by atoms with Crippen molar-refractivity contribution >= 4 is 5.78 Å². The number of hydrogen-bond acceptors (Lipinski definition) is 3. The predicted octanol–water partition coefficient (Wildman–Crippen LogP) is 3.13. The van der Waals surface area contributed by atoms with Gasteiger partial charge in [0.25, 0.3) is 0 Å². The normalized spacial score (nSPS) is 40.4. The average molecular weight is 260 g/mol. The van der Waals surface area contributed by atoms with Crippen molar-refractivity contribution in [3.63, 3.8) is 0 Å². The van der Waals surface area contributed by atoms with E-state index in [1.54, 1.807) is 12.3 Å². The van der Waals surface area contributed by atoms with E-state index in [1.165, 1.54) is 5.57 Å². The van der Waals surface area contributed by atoms with Crippen LogP contribution in [0.15, 0.2) is 35.6 Å². The van der Waals surface area contributed by atoms with Crippen LogP contribution in [0.1, 0.15) is 33.6 Å². The fraction of sp³-hybridized carbons (Fsp3) is 0.562. The van der Waals surface area contributed by atoms with Gasteiger partial charge >= 0.3 is 0 Å². The highest BCUT2D eigenvalue weighted by Crippen LogP contribution is 2.59. The molecule has 0 amide bonds. The van der Waals surface area contributed by atoms with Gasteiger partial charge in [0.05, 0.1) is 24.2 Å². The molecule has 0 spiro atoms. The molecular formula is C16H20O3.